The Balaban J connectivity index is 2.18. The molecular formula is C13H20N2O2. The number of phenolic OH excluding ortho intramolecular Hbond substituents is 1. The SMILES string of the molecule is CC(N)c1ccc(N2CCCOCC2)cc1O. The van der Waals surface area contributed by atoms with Gasteiger partial charge in [-0.15, -0.1) is 0 Å². The second-order valence-corrected chi connectivity index (χ2v) is 4.48. The Morgan fingerprint density at radius 3 is 2.88 bits per heavy atom. The molecule has 1 fully saturated rings. The van der Waals surface area contributed by atoms with E-state index in [1.807, 2.05) is 19.1 Å². The van der Waals surface area contributed by atoms with Gasteiger partial charge in [0.25, 0.3) is 0 Å². The molecule has 4 heteroatoms. The minimum absolute atomic E-state index is 0.142. The minimum atomic E-state index is -0.142. The third-order valence-corrected chi connectivity index (χ3v) is 3.09. The normalized spacial score (nSPS) is 18.8. The first-order chi connectivity index (χ1) is 8.18. The molecule has 0 radical (unpaired) electrons. The molecule has 1 aliphatic rings. The third-order valence-electron chi connectivity index (χ3n) is 3.09. The highest BCUT2D eigenvalue weighted by molar-refractivity contribution is 5.54. The molecule has 3 N–H and O–H groups in total. The molecule has 1 atom stereocenters. The summed E-state index contributed by atoms with van der Waals surface area (Å²) in [4.78, 5) is 2.23. The van der Waals surface area contributed by atoms with Crippen molar-refractivity contribution in [2.45, 2.75) is 19.4 Å². The van der Waals surface area contributed by atoms with Gasteiger partial charge in [0.15, 0.2) is 0 Å². The number of rotatable bonds is 2. The maximum atomic E-state index is 9.92. The van der Waals surface area contributed by atoms with E-state index in [1.54, 1.807) is 6.07 Å². The molecule has 1 heterocycles. The number of ether oxygens (including phenoxy) is 1. The van der Waals surface area contributed by atoms with E-state index < -0.39 is 0 Å². The molecule has 0 aliphatic carbocycles. The average molecular weight is 236 g/mol. The molecule has 1 saturated heterocycles. The number of phenols is 1. The molecule has 0 spiro atoms. The number of aromatic hydroxyl groups is 1. The van der Waals surface area contributed by atoms with Crippen LogP contribution in [0.4, 0.5) is 5.69 Å². The third kappa shape index (κ3) is 2.90. The van der Waals surface area contributed by atoms with Crippen LogP contribution in [0.2, 0.25) is 0 Å². The number of hydrogen-bond donors (Lipinski definition) is 2. The van der Waals surface area contributed by atoms with E-state index in [-0.39, 0.29) is 11.8 Å². The van der Waals surface area contributed by atoms with Crippen LogP contribution in [0, 0.1) is 0 Å². The lowest BCUT2D eigenvalue weighted by molar-refractivity contribution is 0.152. The Kier molecular flexibility index (Phi) is 3.86. The van der Waals surface area contributed by atoms with Crippen molar-refractivity contribution in [1.29, 1.82) is 0 Å². The topological polar surface area (TPSA) is 58.7 Å². The van der Waals surface area contributed by atoms with Crippen LogP contribution in [0.5, 0.6) is 5.75 Å². The molecule has 17 heavy (non-hydrogen) atoms. The van der Waals surface area contributed by atoms with Gasteiger partial charge in [-0.25, -0.2) is 0 Å². The molecule has 2 rings (SSSR count). The Hall–Kier alpha value is -1.26. The number of hydrogen-bond acceptors (Lipinski definition) is 4. The first-order valence-electron chi connectivity index (χ1n) is 6.09. The Morgan fingerprint density at radius 1 is 1.35 bits per heavy atom. The van der Waals surface area contributed by atoms with Gasteiger partial charge in [0.05, 0.1) is 6.61 Å². The van der Waals surface area contributed by atoms with Gasteiger partial charge in [-0.3, -0.25) is 0 Å². The van der Waals surface area contributed by atoms with E-state index >= 15 is 0 Å². The van der Waals surface area contributed by atoms with E-state index in [4.69, 9.17) is 10.5 Å². The summed E-state index contributed by atoms with van der Waals surface area (Å²) in [5.74, 6) is 0.280. The summed E-state index contributed by atoms with van der Waals surface area (Å²) in [6.07, 6.45) is 1.02. The summed E-state index contributed by atoms with van der Waals surface area (Å²) in [6.45, 7) is 5.28. The number of anilines is 1. The largest absolute Gasteiger partial charge is 0.508 e. The molecule has 0 aromatic heterocycles. The second-order valence-electron chi connectivity index (χ2n) is 4.48. The van der Waals surface area contributed by atoms with Crippen molar-refractivity contribution in [3.8, 4) is 5.75 Å². The van der Waals surface area contributed by atoms with Crippen LogP contribution in [0.15, 0.2) is 18.2 Å². The predicted octanol–water partition coefficient (Wildman–Crippen LogP) is 1.64. The Morgan fingerprint density at radius 2 is 2.18 bits per heavy atom. The van der Waals surface area contributed by atoms with E-state index in [9.17, 15) is 5.11 Å². The van der Waals surface area contributed by atoms with Gasteiger partial charge in [0.2, 0.25) is 0 Å². The first kappa shape index (κ1) is 12.2. The standard InChI is InChI=1S/C13H20N2O2/c1-10(14)12-4-3-11(9-13(12)16)15-5-2-7-17-8-6-15/h3-4,9-10,16H,2,5-8,14H2,1H3. The van der Waals surface area contributed by atoms with Gasteiger partial charge >= 0.3 is 0 Å². The Bertz CT molecular complexity index is 372. The highest BCUT2D eigenvalue weighted by atomic mass is 16.5. The zero-order valence-electron chi connectivity index (χ0n) is 10.2. The van der Waals surface area contributed by atoms with Crippen LogP contribution < -0.4 is 10.6 Å². The van der Waals surface area contributed by atoms with Gasteiger partial charge in [0, 0.05) is 43.1 Å². The van der Waals surface area contributed by atoms with Crippen LogP contribution in [0.25, 0.3) is 0 Å². The van der Waals surface area contributed by atoms with Crippen LogP contribution in [-0.4, -0.2) is 31.4 Å². The lowest BCUT2D eigenvalue weighted by atomic mass is 10.1. The van der Waals surface area contributed by atoms with E-state index in [1.165, 1.54) is 0 Å². The van der Waals surface area contributed by atoms with Gasteiger partial charge in [-0.1, -0.05) is 6.07 Å². The van der Waals surface area contributed by atoms with E-state index in [0.717, 1.165) is 44.0 Å². The van der Waals surface area contributed by atoms with E-state index in [2.05, 4.69) is 4.90 Å². The molecule has 0 bridgehead atoms. The molecular weight excluding hydrogens is 216 g/mol. The summed E-state index contributed by atoms with van der Waals surface area (Å²) in [7, 11) is 0. The summed E-state index contributed by atoms with van der Waals surface area (Å²) >= 11 is 0. The van der Waals surface area contributed by atoms with Gasteiger partial charge in [-0.05, 0) is 19.4 Å². The fourth-order valence-corrected chi connectivity index (χ4v) is 2.12. The van der Waals surface area contributed by atoms with Crippen LogP contribution in [0.1, 0.15) is 24.9 Å². The molecule has 0 amide bonds. The molecule has 0 saturated carbocycles. The van der Waals surface area contributed by atoms with Gasteiger partial charge < -0.3 is 20.5 Å². The van der Waals surface area contributed by atoms with Crippen molar-refractivity contribution >= 4 is 5.69 Å². The minimum Gasteiger partial charge on any atom is -0.508 e. The van der Waals surface area contributed by atoms with Gasteiger partial charge in [-0.2, -0.15) is 0 Å². The average Bonchev–Trinajstić information content (AvgIpc) is 2.56. The molecule has 4 nitrogen and oxygen atoms in total. The van der Waals surface area contributed by atoms with Crippen molar-refractivity contribution < 1.29 is 9.84 Å². The number of nitrogens with two attached hydrogens (primary N) is 1. The number of benzene rings is 1. The van der Waals surface area contributed by atoms with Crippen molar-refractivity contribution in [3.05, 3.63) is 23.8 Å². The van der Waals surface area contributed by atoms with Crippen LogP contribution in [-0.2, 0) is 4.74 Å². The zero-order chi connectivity index (χ0) is 12.3. The van der Waals surface area contributed by atoms with Crippen LogP contribution in [0.3, 0.4) is 0 Å². The smallest absolute Gasteiger partial charge is 0.122 e. The fraction of sp³-hybridized carbons (Fsp3) is 0.538. The molecule has 1 aliphatic heterocycles. The van der Waals surface area contributed by atoms with E-state index in [0.29, 0.717) is 0 Å². The highest BCUT2D eigenvalue weighted by Gasteiger charge is 2.13. The molecule has 1 aromatic carbocycles. The Labute approximate surface area is 102 Å². The maximum Gasteiger partial charge on any atom is 0.122 e. The quantitative estimate of drug-likeness (QED) is 0.819. The van der Waals surface area contributed by atoms with Crippen molar-refractivity contribution in [1.82, 2.24) is 0 Å². The summed E-state index contributed by atoms with van der Waals surface area (Å²) in [6, 6.07) is 5.57. The molecule has 94 valence electrons. The monoisotopic (exact) mass is 236 g/mol. The van der Waals surface area contributed by atoms with Crippen LogP contribution >= 0.6 is 0 Å². The lowest BCUT2D eigenvalue weighted by Gasteiger charge is -2.23. The summed E-state index contributed by atoms with van der Waals surface area (Å²) < 4.78 is 5.41. The second kappa shape index (κ2) is 5.38. The number of nitrogens with zero attached hydrogens (tertiary/aromatic N) is 1. The zero-order valence-corrected chi connectivity index (χ0v) is 10.2. The molecule has 1 aromatic rings. The van der Waals surface area contributed by atoms with Gasteiger partial charge in [0.1, 0.15) is 5.75 Å². The first-order valence-corrected chi connectivity index (χ1v) is 6.09. The highest BCUT2D eigenvalue weighted by Crippen LogP contribution is 2.28. The summed E-state index contributed by atoms with van der Waals surface area (Å²) in [5, 5.41) is 9.92. The van der Waals surface area contributed by atoms with Crippen molar-refractivity contribution in [3.63, 3.8) is 0 Å². The van der Waals surface area contributed by atoms with Crippen molar-refractivity contribution in [2.75, 3.05) is 31.2 Å². The van der Waals surface area contributed by atoms with Crippen molar-refractivity contribution in [2.24, 2.45) is 5.73 Å². The summed E-state index contributed by atoms with van der Waals surface area (Å²) in [5.41, 5.74) is 7.61. The fourth-order valence-electron chi connectivity index (χ4n) is 2.12. The predicted molar refractivity (Wildman–Crippen MR) is 68.4 cm³/mol. The maximum absolute atomic E-state index is 9.92. The molecule has 1 unspecified atom stereocenters. The lowest BCUT2D eigenvalue weighted by Crippen LogP contribution is -2.25.